The first-order valence-corrected chi connectivity index (χ1v) is 6.51. The van der Waals surface area contributed by atoms with Crippen molar-refractivity contribution < 1.29 is 13.2 Å². The number of amides is 2. The van der Waals surface area contributed by atoms with Crippen LogP contribution in [-0.4, -0.2) is 50.6 Å². The summed E-state index contributed by atoms with van der Waals surface area (Å²) in [4.78, 5) is 11.4. The van der Waals surface area contributed by atoms with Gasteiger partial charge in [0.1, 0.15) is 0 Å². The van der Waals surface area contributed by atoms with Gasteiger partial charge in [0.15, 0.2) is 9.84 Å². The minimum atomic E-state index is -2.98. The van der Waals surface area contributed by atoms with Crippen LogP contribution in [0.1, 0.15) is 13.3 Å². The fourth-order valence-corrected chi connectivity index (χ4v) is 3.71. The van der Waals surface area contributed by atoms with Crippen LogP contribution in [0, 0.1) is 0 Å². The zero-order chi connectivity index (χ0) is 11.7. The Morgan fingerprint density at radius 3 is 2.40 bits per heavy atom. The van der Waals surface area contributed by atoms with Crippen molar-refractivity contribution in [3.05, 3.63) is 0 Å². The first-order valence-electron chi connectivity index (χ1n) is 4.69. The summed E-state index contributed by atoms with van der Waals surface area (Å²) in [5.41, 5.74) is 1.87. The van der Waals surface area contributed by atoms with Crippen LogP contribution in [0.5, 0.6) is 0 Å². The standard InChI is InChI=1S/C8H17N3O3S/c1-8(4-5-15(13,14)6-8)9-7(12)10-11(2)3/h4-6H2,1-3H3,(H2,9,10,12)/t8-/m1/s1. The topological polar surface area (TPSA) is 78.5 Å². The highest BCUT2D eigenvalue weighted by Gasteiger charge is 2.39. The molecule has 2 N–H and O–H groups in total. The van der Waals surface area contributed by atoms with E-state index in [1.807, 2.05) is 0 Å². The van der Waals surface area contributed by atoms with Gasteiger partial charge in [-0.3, -0.25) is 5.43 Å². The molecule has 15 heavy (non-hydrogen) atoms. The molecule has 1 atom stereocenters. The molecule has 6 nitrogen and oxygen atoms in total. The molecule has 0 radical (unpaired) electrons. The maximum Gasteiger partial charge on any atom is 0.329 e. The molecule has 2 amide bonds. The lowest BCUT2D eigenvalue weighted by Gasteiger charge is -2.25. The minimum Gasteiger partial charge on any atom is -0.331 e. The molecule has 0 unspecified atom stereocenters. The van der Waals surface area contributed by atoms with Crippen molar-refractivity contribution >= 4 is 15.9 Å². The first-order chi connectivity index (χ1) is 6.72. The fourth-order valence-electron chi connectivity index (χ4n) is 1.61. The zero-order valence-electron chi connectivity index (χ0n) is 9.20. The van der Waals surface area contributed by atoms with Crippen molar-refractivity contribution in [3.8, 4) is 0 Å². The van der Waals surface area contributed by atoms with Gasteiger partial charge in [-0.15, -0.1) is 0 Å². The van der Waals surface area contributed by atoms with Crippen molar-refractivity contribution in [2.75, 3.05) is 25.6 Å². The molecule has 0 spiro atoms. The predicted molar refractivity (Wildman–Crippen MR) is 57.0 cm³/mol. The molecule has 0 bridgehead atoms. The van der Waals surface area contributed by atoms with Gasteiger partial charge in [0, 0.05) is 14.1 Å². The van der Waals surface area contributed by atoms with Crippen LogP contribution in [0.4, 0.5) is 4.79 Å². The van der Waals surface area contributed by atoms with E-state index in [1.54, 1.807) is 21.0 Å². The highest BCUT2D eigenvalue weighted by atomic mass is 32.2. The van der Waals surface area contributed by atoms with Crippen molar-refractivity contribution in [3.63, 3.8) is 0 Å². The summed E-state index contributed by atoms with van der Waals surface area (Å²) in [6, 6.07) is -0.375. The molecule has 7 heteroatoms. The number of rotatable bonds is 2. The van der Waals surface area contributed by atoms with E-state index in [1.165, 1.54) is 5.01 Å². The summed E-state index contributed by atoms with van der Waals surface area (Å²) in [5, 5.41) is 4.17. The second kappa shape index (κ2) is 3.97. The van der Waals surface area contributed by atoms with E-state index >= 15 is 0 Å². The lowest BCUT2D eigenvalue weighted by molar-refractivity contribution is 0.202. The molecule has 88 valence electrons. The van der Waals surface area contributed by atoms with E-state index in [0.717, 1.165) is 0 Å². The van der Waals surface area contributed by atoms with E-state index in [9.17, 15) is 13.2 Å². The van der Waals surface area contributed by atoms with Crippen LogP contribution in [0.25, 0.3) is 0 Å². The summed E-state index contributed by atoms with van der Waals surface area (Å²) >= 11 is 0. The van der Waals surface area contributed by atoms with Crippen molar-refractivity contribution in [2.24, 2.45) is 0 Å². The number of carbonyl (C=O) groups excluding carboxylic acids is 1. The number of nitrogens with one attached hydrogen (secondary N) is 2. The van der Waals surface area contributed by atoms with E-state index in [0.29, 0.717) is 6.42 Å². The van der Waals surface area contributed by atoms with Crippen molar-refractivity contribution in [1.82, 2.24) is 15.8 Å². The number of urea groups is 1. The molecule has 1 rings (SSSR count). The number of hydrogen-bond acceptors (Lipinski definition) is 4. The molecule has 0 aromatic rings. The summed E-state index contributed by atoms with van der Waals surface area (Å²) < 4.78 is 22.5. The monoisotopic (exact) mass is 235 g/mol. The summed E-state index contributed by atoms with van der Waals surface area (Å²) in [6.07, 6.45) is 0.468. The largest absolute Gasteiger partial charge is 0.331 e. The van der Waals surface area contributed by atoms with Gasteiger partial charge in [0.05, 0.1) is 17.0 Å². The Labute approximate surface area is 89.9 Å². The lowest BCUT2D eigenvalue weighted by Crippen LogP contribution is -2.53. The highest BCUT2D eigenvalue weighted by molar-refractivity contribution is 7.91. The summed E-state index contributed by atoms with van der Waals surface area (Å²) in [5.74, 6) is 0.159. The lowest BCUT2D eigenvalue weighted by atomic mass is 10.0. The van der Waals surface area contributed by atoms with Crippen LogP contribution >= 0.6 is 0 Å². The predicted octanol–water partition coefficient (Wildman–Crippen LogP) is -0.661. The molecule has 0 aliphatic carbocycles. The Morgan fingerprint density at radius 1 is 1.40 bits per heavy atom. The molecular formula is C8H17N3O3S. The normalized spacial score (nSPS) is 29.1. The van der Waals surface area contributed by atoms with Gasteiger partial charge in [-0.25, -0.2) is 18.2 Å². The molecule has 1 fully saturated rings. The number of hydrazine groups is 1. The molecule has 0 aromatic carbocycles. The average Bonchev–Trinajstić information content (AvgIpc) is 2.22. The van der Waals surface area contributed by atoms with Crippen LogP contribution in [0.15, 0.2) is 0 Å². The molecule has 1 saturated heterocycles. The molecular weight excluding hydrogens is 218 g/mol. The SMILES string of the molecule is CN(C)NC(=O)N[C@]1(C)CCS(=O)(=O)C1. The minimum absolute atomic E-state index is 0.0147. The molecule has 1 aliphatic rings. The van der Waals surface area contributed by atoms with E-state index in [2.05, 4.69) is 10.7 Å². The maximum atomic E-state index is 11.4. The smallest absolute Gasteiger partial charge is 0.329 e. The Kier molecular flexibility index (Phi) is 3.25. The quantitative estimate of drug-likeness (QED) is 0.623. The van der Waals surface area contributed by atoms with Crippen LogP contribution in [-0.2, 0) is 9.84 Å². The molecule has 1 aliphatic heterocycles. The van der Waals surface area contributed by atoms with Crippen LogP contribution in [0.3, 0.4) is 0 Å². The van der Waals surface area contributed by atoms with E-state index in [-0.39, 0.29) is 17.5 Å². The molecule has 1 heterocycles. The molecule has 0 saturated carbocycles. The zero-order valence-corrected chi connectivity index (χ0v) is 10.0. The van der Waals surface area contributed by atoms with E-state index in [4.69, 9.17) is 0 Å². The summed E-state index contributed by atoms with van der Waals surface area (Å²) in [7, 11) is 0.391. The Bertz CT molecular complexity index is 352. The number of sulfone groups is 1. The highest BCUT2D eigenvalue weighted by Crippen LogP contribution is 2.22. The third-order valence-corrected chi connectivity index (χ3v) is 4.15. The number of hydrogen-bond donors (Lipinski definition) is 2. The van der Waals surface area contributed by atoms with Crippen LogP contribution < -0.4 is 10.7 Å². The van der Waals surface area contributed by atoms with Gasteiger partial charge in [-0.2, -0.15) is 0 Å². The second-order valence-electron chi connectivity index (χ2n) is 4.36. The number of carbonyl (C=O) groups is 1. The van der Waals surface area contributed by atoms with E-state index < -0.39 is 15.4 Å². The Morgan fingerprint density at radius 2 is 2.00 bits per heavy atom. The third kappa shape index (κ3) is 3.67. The second-order valence-corrected chi connectivity index (χ2v) is 6.55. The number of nitrogens with zero attached hydrogens (tertiary/aromatic N) is 1. The summed E-state index contributed by atoms with van der Waals surface area (Å²) in [6.45, 7) is 1.74. The van der Waals surface area contributed by atoms with Gasteiger partial charge in [0.25, 0.3) is 0 Å². The Balaban J connectivity index is 2.55. The van der Waals surface area contributed by atoms with Gasteiger partial charge in [-0.1, -0.05) is 0 Å². The molecule has 0 aromatic heterocycles. The average molecular weight is 235 g/mol. The van der Waals surface area contributed by atoms with Crippen molar-refractivity contribution in [1.29, 1.82) is 0 Å². The van der Waals surface area contributed by atoms with Gasteiger partial charge < -0.3 is 5.32 Å². The first kappa shape index (κ1) is 12.3. The fraction of sp³-hybridized carbons (Fsp3) is 0.875. The van der Waals surface area contributed by atoms with Crippen LogP contribution in [0.2, 0.25) is 0 Å². The van der Waals surface area contributed by atoms with Gasteiger partial charge in [0.2, 0.25) is 0 Å². The maximum absolute atomic E-state index is 11.4. The Hall–Kier alpha value is -0.820. The van der Waals surface area contributed by atoms with Gasteiger partial charge in [-0.05, 0) is 13.3 Å². The van der Waals surface area contributed by atoms with Crippen molar-refractivity contribution in [2.45, 2.75) is 18.9 Å². The van der Waals surface area contributed by atoms with Gasteiger partial charge >= 0.3 is 6.03 Å². The third-order valence-electron chi connectivity index (χ3n) is 2.24.